The van der Waals surface area contributed by atoms with Gasteiger partial charge >= 0.3 is 0 Å². The van der Waals surface area contributed by atoms with Crippen LogP contribution in [0, 0.1) is 0 Å². The third-order valence-corrected chi connectivity index (χ3v) is 6.55. The number of aromatic nitrogens is 1. The molecule has 4 nitrogen and oxygen atoms in total. The van der Waals surface area contributed by atoms with E-state index in [1.54, 1.807) is 6.07 Å². The lowest BCUT2D eigenvalue weighted by molar-refractivity contribution is 0.306. The van der Waals surface area contributed by atoms with Gasteiger partial charge in [0.05, 0.1) is 6.61 Å². The first-order chi connectivity index (χ1) is 11.7. The molecule has 0 aliphatic heterocycles. The topological polar surface area (TPSA) is 59.2 Å². The van der Waals surface area contributed by atoms with Crippen LogP contribution in [-0.4, -0.2) is 26.8 Å². The summed E-state index contributed by atoms with van der Waals surface area (Å²) in [6.07, 6.45) is 7.70. The minimum absolute atomic E-state index is 0.195. The molecule has 1 N–H and O–H groups in total. The highest BCUT2D eigenvalue weighted by Crippen LogP contribution is 2.22. The summed E-state index contributed by atoms with van der Waals surface area (Å²) >= 11 is 0. The van der Waals surface area contributed by atoms with Gasteiger partial charge in [-0.05, 0) is 37.8 Å². The fourth-order valence-electron chi connectivity index (χ4n) is 3.26. The fraction of sp³-hybridized carbons (Fsp3) is 0.526. The Morgan fingerprint density at radius 1 is 1.12 bits per heavy atom. The van der Waals surface area contributed by atoms with Crippen molar-refractivity contribution in [2.45, 2.75) is 50.2 Å². The van der Waals surface area contributed by atoms with Crippen LogP contribution in [0.3, 0.4) is 0 Å². The van der Waals surface area contributed by atoms with Gasteiger partial charge in [-0.2, -0.15) is 0 Å². The molecule has 1 aliphatic carbocycles. The zero-order valence-corrected chi connectivity index (χ0v) is 14.8. The molecule has 1 fully saturated rings. The molecule has 2 aromatic rings. The van der Waals surface area contributed by atoms with Gasteiger partial charge in [-0.25, -0.2) is 0 Å². The molecule has 1 atom stereocenters. The Hall–Kier alpha value is -1.62. The number of hydrogen-bond acceptors (Lipinski definition) is 3. The van der Waals surface area contributed by atoms with Crippen LogP contribution in [0.25, 0.3) is 10.9 Å². The monoisotopic (exact) mass is 347 g/mol. The van der Waals surface area contributed by atoms with Crippen molar-refractivity contribution in [3.8, 4) is 5.75 Å². The highest BCUT2D eigenvalue weighted by molar-refractivity contribution is 7.85. The predicted octanol–water partition coefficient (Wildman–Crippen LogP) is 3.77. The van der Waals surface area contributed by atoms with Crippen molar-refractivity contribution in [3.63, 3.8) is 0 Å². The minimum atomic E-state index is -0.701. The number of rotatable bonds is 7. The summed E-state index contributed by atoms with van der Waals surface area (Å²) in [5.41, 5.74) is 0.622. The number of aromatic amines is 1. The Balaban J connectivity index is 1.44. The number of unbranched alkanes of at least 4 members (excludes halogenated alkanes) is 1. The summed E-state index contributed by atoms with van der Waals surface area (Å²) in [4.78, 5) is 14.8. The van der Waals surface area contributed by atoms with Crippen LogP contribution in [0.15, 0.2) is 35.1 Å². The van der Waals surface area contributed by atoms with E-state index >= 15 is 0 Å². The summed E-state index contributed by atoms with van der Waals surface area (Å²) in [5.74, 6) is 1.12. The van der Waals surface area contributed by atoms with E-state index in [4.69, 9.17) is 4.74 Å². The average molecular weight is 347 g/mol. The van der Waals surface area contributed by atoms with E-state index < -0.39 is 10.8 Å². The van der Waals surface area contributed by atoms with E-state index in [0.717, 1.165) is 42.3 Å². The summed E-state index contributed by atoms with van der Waals surface area (Å²) in [6, 6.07) is 9.44. The van der Waals surface area contributed by atoms with Gasteiger partial charge in [0.15, 0.2) is 5.75 Å². The minimum Gasteiger partial charge on any atom is -0.488 e. The van der Waals surface area contributed by atoms with Crippen LogP contribution in [0.5, 0.6) is 5.75 Å². The van der Waals surface area contributed by atoms with Gasteiger partial charge < -0.3 is 9.72 Å². The quantitative estimate of drug-likeness (QED) is 0.776. The molecule has 24 heavy (non-hydrogen) atoms. The maximum absolute atomic E-state index is 12.2. The van der Waals surface area contributed by atoms with Crippen LogP contribution >= 0.6 is 0 Å². The molecule has 1 unspecified atom stereocenters. The molecule has 1 aromatic carbocycles. The second-order valence-corrected chi connectivity index (χ2v) is 8.29. The molecule has 1 saturated carbocycles. The first-order valence-electron chi connectivity index (χ1n) is 8.86. The van der Waals surface area contributed by atoms with E-state index in [0.29, 0.717) is 17.6 Å². The normalized spacial score (nSPS) is 17.0. The third kappa shape index (κ3) is 4.47. The maximum Gasteiger partial charge on any atom is 0.290 e. The van der Waals surface area contributed by atoms with Crippen LogP contribution in [0.2, 0.25) is 0 Å². The Bertz CT molecular complexity index is 750. The predicted molar refractivity (Wildman–Crippen MR) is 99.2 cm³/mol. The van der Waals surface area contributed by atoms with Crippen molar-refractivity contribution in [3.05, 3.63) is 40.7 Å². The number of H-pyrrole nitrogens is 1. The molecule has 0 amide bonds. The van der Waals surface area contributed by atoms with Crippen LogP contribution in [0.4, 0.5) is 0 Å². The number of benzene rings is 1. The highest BCUT2D eigenvalue weighted by Gasteiger charge is 2.19. The molecule has 1 heterocycles. The lowest BCUT2D eigenvalue weighted by atomic mass is 10.0. The third-order valence-electron chi connectivity index (χ3n) is 4.64. The number of para-hydroxylation sites is 1. The smallest absolute Gasteiger partial charge is 0.290 e. The first-order valence-corrected chi connectivity index (χ1v) is 10.2. The fourth-order valence-corrected chi connectivity index (χ4v) is 4.94. The van der Waals surface area contributed by atoms with Crippen molar-refractivity contribution >= 4 is 21.7 Å². The van der Waals surface area contributed by atoms with Gasteiger partial charge in [-0.1, -0.05) is 37.5 Å². The van der Waals surface area contributed by atoms with Crippen LogP contribution in [0.1, 0.15) is 44.9 Å². The molecular formula is C19H25NO3S. The van der Waals surface area contributed by atoms with Gasteiger partial charge in [-0.3, -0.25) is 9.00 Å². The van der Waals surface area contributed by atoms with E-state index in [1.165, 1.54) is 19.3 Å². The Labute approximate surface area is 145 Å². The molecule has 3 rings (SSSR count). The lowest BCUT2D eigenvalue weighted by Crippen LogP contribution is -2.21. The van der Waals surface area contributed by atoms with Crippen molar-refractivity contribution in [2.75, 3.05) is 12.4 Å². The molecule has 0 bridgehead atoms. The van der Waals surface area contributed by atoms with E-state index in [2.05, 4.69) is 4.98 Å². The number of ether oxygens (including phenoxy) is 1. The van der Waals surface area contributed by atoms with E-state index in [9.17, 15) is 9.00 Å². The lowest BCUT2D eigenvalue weighted by Gasteiger charge is -2.20. The van der Waals surface area contributed by atoms with E-state index in [-0.39, 0.29) is 5.56 Å². The van der Waals surface area contributed by atoms with Crippen molar-refractivity contribution in [1.29, 1.82) is 0 Å². The molecule has 130 valence electrons. The number of nitrogens with one attached hydrogen (secondary N) is 1. The Morgan fingerprint density at radius 3 is 2.75 bits per heavy atom. The number of fused-ring (bicyclic) bond motifs is 1. The second kappa shape index (κ2) is 8.47. The summed E-state index contributed by atoms with van der Waals surface area (Å²) in [7, 11) is -0.701. The van der Waals surface area contributed by atoms with Gasteiger partial charge in [-0.15, -0.1) is 0 Å². The van der Waals surface area contributed by atoms with E-state index in [1.807, 2.05) is 24.3 Å². The number of pyridine rings is 1. The van der Waals surface area contributed by atoms with Gasteiger partial charge in [0.1, 0.15) is 0 Å². The molecule has 5 heteroatoms. The average Bonchev–Trinajstić information content (AvgIpc) is 2.62. The van der Waals surface area contributed by atoms with Gasteiger partial charge in [0, 0.05) is 32.7 Å². The molecule has 0 spiro atoms. The summed E-state index contributed by atoms with van der Waals surface area (Å²) in [5, 5.41) is 1.37. The zero-order valence-electron chi connectivity index (χ0n) is 14.0. The van der Waals surface area contributed by atoms with Gasteiger partial charge in [0.2, 0.25) is 0 Å². The molecule has 0 saturated heterocycles. The highest BCUT2D eigenvalue weighted by atomic mass is 32.2. The van der Waals surface area contributed by atoms with Gasteiger partial charge in [0.25, 0.3) is 5.56 Å². The van der Waals surface area contributed by atoms with Crippen molar-refractivity contribution in [2.24, 2.45) is 0 Å². The first kappa shape index (κ1) is 17.2. The SMILES string of the molecule is O=c1[nH]c2ccccc2cc1OCCCCS(=O)C1CCCCC1. The second-order valence-electron chi connectivity index (χ2n) is 6.45. The number of hydrogen-bond donors (Lipinski definition) is 1. The molecule has 1 aliphatic rings. The van der Waals surface area contributed by atoms with Crippen molar-refractivity contribution < 1.29 is 8.95 Å². The summed E-state index contributed by atoms with van der Waals surface area (Å²) < 4.78 is 17.9. The molecular weight excluding hydrogens is 322 g/mol. The Kier molecular flexibility index (Phi) is 6.07. The molecule has 0 radical (unpaired) electrons. The van der Waals surface area contributed by atoms with Crippen LogP contribution < -0.4 is 10.3 Å². The Morgan fingerprint density at radius 2 is 1.92 bits per heavy atom. The zero-order chi connectivity index (χ0) is 16.8. The summed E-state index contributed by atoms with van der Waals surface area (Å²) in [6.45, 7) is 0.489. The maximum atomic E-state index is 12.2. The standard InChI is InChI=1S/C19H25NO3S/c21-19-18(14-15-8-4-5-11-17(15)20-19)23-12-6-7-13-24(22)16-9-2-1-3-10-16/h4-5,8,11,14,16H,1-3,6-7,9-10,12-13H2,(H,20,21). The van der Waals surface area contributed by atoms with Crippen LogP contribution in [-0.2, 0) is 10.8 Å². The largest absolute Gasteiger partial charge is 0.488 e. The molecule has 1 aromatic heterocycles. The van der Waals surface area contributed by atoms with Crippen molar-refractivity contribution in [1.82, 2.24) is 4.98 Å².